The Morgan fingerprint density at radius 1 is 1.16 bits per heavy atom. The first kappa shape index (κ1) is 20.7. The van der Waals surface area contributed by atoms with Gasteiger partial charge in [-0.15, -0.1) is 0 Å². The molecule has 0 atom stereocenters. The maximum atomic E-state index is 12.8. The Balaban J connectivity index is 1.42. The van der Waals surface area contributed by atoms with Gasteiger partial charge in [0.15, 0.2) is 0 Å². The molecule has 0 bridgehead atoms. The van der Waals surface area contributed by atoms with E-state index in [9.17, 15) is 14.4 Å². The number of morpholine rings is 1. The number of pyridine rings is 1. The highest BCUT2D eigenvalue weighted by Crippen LogP contribution is 2.23. The number of anilines is 1. The van der Waals surface area contributed by atoms with Crippen molar-refractivity contribution in [3.63, 3.8) is 0 Å². The quantitative estimate of drug-likeness (QED) is 0.537. The van der Waals surface area contributed by atoms with Crippen molar-refractivity contribution in [2.75, 3.05) is 44.3 Å². The number of hydrogen-bond acceptors (Lipinski definition) is 6. The normalized spacial score (nSPS) is 18.3. The van der Waals surface area contributed by atoms with E-state index in [1.807, 2.05) is 0 Å². The second-order valence-electron chi connectivity index (χ2n) is 7.17. The molecule has 4 amide bonds. The molecule has 0 unspecified atom stereocenters. The number of amides is 4. The van der Waals surface area contributed by atoms with E-state index in [-0.39, 0.29) is 11.6 Å². The molecule has 2 aromatic rings. The summed E-state index contributed by atoms with van der Waals surface area (Å²) in [5.74, 6) is -0.735. The summed E-state index contributed by atoms with van der Waals surface area (Å²) >= 11 is 0. The van der Waals surface area contributed by atoms with Gasteiger partial charge in [0.1, 0.15) is 5.70 Å². The van der Waals surface area contributed by atoms with Gasteiger partial charge in [-0.1, -0.05) is 6.07 Å². The smallest absolute Gasteiger partial charge is 0.333 e. The largest absolute Gasteiger partial charge is 0.379 e. The number of benzene rings is 1. The topological polar surface area (TPSA) is 104 Å². The van der Waals surface area contributed by atoms with E-state index >= 15 is 0 Å². The molecule has 0 spiro atoms. The van der Waals surface area contributed by atoms with Crippen LogP contribution in [0.15, 0.2) is 54.5 Å². The maximum absolute atomic E-state index is 12.8. The van der Waals surface area contributed by atoms with Crippen LogP contribution >= 0.6 is 0 Å². The molecule has 4 rings (SSSR count). The third-order valence-electron chi connectivity index (χ3n) is 5.08. The first-order chi connectivity index (χ1) is 15.1. The van der Waals surface area contributed by atoms with Gasteiger partial charge in [0.25, 0.3) is 11.8 Å². The monoisotopic (exact) mass is 421 g/mol. The van der Waals surface area contributed by atoms with Crippen molar-refractivity contribution in [1.29, 1.82) is 0 Å². The number of hydrogen-bond donors (Lipinski definition) is 2. The van der Waals surface area contributed by atoms with Crippen molar-refractivity contribution in [3.8, 4) is 0 Å². The fraction of sp³-hybridized carbons (Fsp3) is 0.273. The molecule has 3 heterocycles. The molecule has 2 fully saturated rings. The number of nitrogens with zero attached hydrogens (tertiary/aromatic N) is 3. The molecule has 9 nitrogen and oxygen atoms in total. The van der Waals surface area contributed by atoms with Crippen molar-refractivity contribution < 1.29 is 19.1 Å². The summed E-state index contributed by atoms with van der Waals surface area (Å²) in [7, 11) is 0. The van der Waals surface area contributed by atoms with Gasteiger partial charge in [0.2, 0.25) is 0 Å². The van der Waals surface area contributed by atoms with Crippen LogP contribution in [0, 0.1) is 0 Å². The number of nitrogens with one attached hydrogen (secondary N) is 2. The molecule has 31 heavy (non-hydrogen) atoms. The van der Waals surface area contributed by atoms with E-state index < -0.39 is 11.9 Å². The minimum absolute atomic E-state index is 0.163. The summed E-state index contributed by atoms with van der Waals surface area (Å²) in [5, 5.41) is 5.47. The van der Waals surface area contributed by atoms with Crippen LogP contribution in [0.25, 0.3) is 6.08 Å². The van der Waals surface area contributed by atoms with Gasteiger partial charge >= 0.3 is 6.03 Å². The van der Waals surface area contributed by atoms with Crippen molar-refractivity contribution >= 4 is 29.6 Å². The van der Waals surface area contributed by atoms with Crippen molar-refractivity contribution in [2.24, 2.45) is 0 Å². The molecule has 0 aliphatic carbocycles. The van der Waals surface area contributed by atoms with E-state index in [1.54, 1.807) is 48.8 Å². The number of imide groups is 1. The fourth-order valence-electron chi connectivity index (χ4n) is 3.44. The maximum Gasteiger partial charge on any atom is 0.333 e. The molecule has 2 aliphatic heterocycles. The van der Waals surface area contributed by atoms with Crippen LogP contribution in [0.4, 0.5) is 10.5 Å². The molecule has 1 aromatic carbocycles. The molecule has 2 N–H and O–H groups in total. The fourth-order valence-corrected chi connectivity index (χ4v) is 3.44. The highest BCUT2D eigenvalue weighted by atomic mass is 16.5. The highest BCUT2D eigenvalue weighted by Gasteiger charge is 2.35. The second kappa shape index (κ2) is 9.50. The van der Waals surface area contributed by atoms with Gasteiger partial charge in [0.05, 0.1) is 18.9 Å². The minimum atomic E-state index is -0.560. The molecule has 2 aliphatic rings. The van der Waals surface area contributed by atoms with E-state index in [4.69, 9.17) is 4.74 Å². The van der Waals surface area contributed by atoms with Crippen molar-refractivity contribution in [1.82, 2.24) is 20.5 Å². The van der Waals surface area contributed by atoms with E-state index in [1.165, 1.54) is 6.07 Å². The zero-order valence-corrected chi connectivity index (χ0v) is 16.9. The predicted molar refractivity (Wildman–Crippen MR) is 114 cm³/mol. The number of ether oxygens (including phenoxy) is 1. The molecule has 1 aromatic heterocycles. The van der Waals surface area contributed by atoms with Gasteiger partial charge in [-0.05, 0) is 42.0 Å². The van der Waals surface area contributed by atoms with Gasteiger partial charge in [0, 0.05) is 44.1 Å². The van der Waals surface area contributed by atoms with Crippen LogP contribution in [0.3, 0.4) is 0 Å². The summed E-state index contributed by atoms with van der Waals surface area (Å²) in [6.07, 6.45) is 4.79. The first-order valence-corrected chi connectivity index (χ1v) is 10.1. The average Bonchev–Trinajstić information content (AvgIpc) is 3.08. The molecular weight excluding hydrogens is 398 g/mol. The Hall–Kier alpha value is -3.56. The Bertz CT molecular complexity index is 1000. The highest BCUT2D eigenvalue weighted by molar-refractivity contribution is 6.28. The summed E-state index contributed by atoms with van der Waals surface area (Å²) < 4.78 is 5.32. The summed E-state index contributed by atoms with van der Waals surface area (Å²) in [4.78, 5) is 45.0. The van der Waals surface area contributed by atoms with Gasteiger partial charge in [-0.25, -0.2) is 9.69 Å². The van der Waals surface area contributed by atoms with E-state index in [2.05, 4.69) is 20.5 Å². The Labute approximate surface area is 179 Å². The van der Waals surface area contributed by atoms with Crippen LogP contribution in [0.5, 0.6) is 0 Å². The number of carbonyl (C=O) groups is 3. The van der Waals surface area contributed by atoms with Gasteiger partial charge < -0.3 is 15.4 Å². The minimum Gasteiger partial charge on any atom is -0.379 e. The Kier molecular flexibility index (Phi) is 6.34. The molecule has 0 radical (unpaired) electrons. The Morgan fingerprint density at radius 2 is 1.94 bits per heavy atom. The Morgan fingerprint density at radius 3 is 2.71 bits per heavy atom. The lowest BCUT2D eigenvalue weighted by atomic mass is 10.1. The summed E-state index contributed by atoms with van der Waals surface area (Å²) in [5.41, 5.74) is 1.62. The SMILES string of the molecule is O=C(NCCN1CCOCC1)c1cccc(N2C(=O)N/C(=C\c3ccncc3)C2=O)c1. The summed E-state index contributed by atoms with van der Waals surface area (Å²) in [6.45, 7) is 4.37. The standard InChI is InChI=1S/C22H23N5O4/c28-20(24-8-9-26-10-12-31-13-11-26)17-2-1-3-18(15-17)27-21(29)19(25-22(27)30)14-16-4-6-23-7-5-16/h1-7,14-15H,8-13H2,(H,24,28)(H,25,30)/b19-14-. The van der Waals surface area contributed by atoms with Crippen LogP contribution in [0.2, 0.25) is 0 Å². The van der Waals surface area contributed by atoms with E-state index in [0.717, 1.165) is 30.1 Å². The zero-order chi connectivity index (χ0) is 21.6. The van der Waals surface area contributed by atoms with Crippen LogP contribution in [-0.2, 0) is 9.53 Å². The van der Waals surface area contributed by atoms with Crippen molar-refractivity contribution in [3.05, 3.63) is 65.6 Å². The molecule has 0 saturated carbocycles. The third kappa shape index (κ3) is 4.96. The lowest BCUT2D eigenvalue weighted by Gasteiger charge is -2.26. The third-order valence-corrected chi connectivity index (χ3v) is 5.08. The van der Waals surface area contributed by atoms with Crippen LogP contribution < -0.4 is 15.5 Å². The molecule has 2 saturated heterocycles. The van der Waals surface area contributed by atoms with E-state index in [0.29, 0.717) is 31.0 Å². The lowest BCUT2D eigenvalue weighted by molar-refractivity contribution is -0.113. The van der Waals surface area contributed by atoms with Crippen LogP contribution in [0.1, 0.15) is 15.9 Å². The predicted octanol–water partition coefficient (Wildman–Crippen LogP) is 1.24. The van der Waals surface area contributed by atoms with Gasteiger partial charge in [-0.2, -0.15) is 0 Å². The average molecular weight is 421 g/mol. The number of rotatable bonds is 6. The first-order valence-electron chi connectivity index (χ1n) is 10.1. The zero-order valence-electron chi connectivity index (χ0n) is 16.9. The number of carbonyl (C=O) groups excluding carboxylic acids is 3. The molecule has 160 valence electrons. The number of aromatic nitrogens is 1. The lowest BCUT2D eigenvalue weighted by Crippen LogP contribution is -2.41. The molecule has 9 heteroatoms. The summed E-state index contributed by atoms with van der Waals surface area (Å²) in [6, 6.07) is 9.37. The number of urea groups is 1. The second-order valence-corrected chi connectivity index (χ2v) is 7.17. The van der Waals surface area contributed by atoms with Gasteiger partial charge in [-0.3, -0.25) is 19.5 Å². The van der Waals surface area contributed by atoms with Crippen LogP contribution in [-0.4, -0.2) is 67.1 Å². The van der Waals surface area contributed by atoms with Crippen molar-refractivity contribution in [2.45, 2.75) is 0 Å². The molecular formula is C22H23N5O4.